The third-order valence-electron chi connectivity index (χ3n) is 3.87. The first-order chi connectivity index (χ1) is 10.1. The van der Waals surface area contributed by atoms with Gasteiger partial charge in [0.1, 0.15) is 5.82 Å². The molecule has 1 unspecified atom stereocenters. The van der Waals surface area contributed by atoms with Crippen molar-refractivity contribution in [3.63, 3.8) is 0 Å². The van der Waals surface area contributed by atoms with Crippen LogP contribution >= 0.6 is 11.5 Å². The SMILES string of the molecule is O=C(NCC(F)F)C1CCCN(c2nc(C3CC3)ns2)C1. The highest BCUT2D eigenvalue weighted by molar-refractivity contribution is 7.09. The summed E-state index contributed by atoms with van der Waals surface area (Å²) in [5.74, 6) is 0.905. The Balaban J connectivity index is 1.57. The summed E-state index contributed by atoms with van der Waals surface area (Å²) in [6.07, 6.45) is 1.42. The quantitative estimate of drug-likeness (QED) is 0.903. The van der Waals surface area contributed by atoms with E-state index in [1.165, 1.54) is 11.5 Å². The van der Waals surface area contributed by atoms with Gasteiger partial charge in [0, 0.05) is 30.5 Å². The third-order valence-corrected chi connectivity index (χ3v) is 4.66. The Morgan fingerprint density at radius 1 is 1.43 bits per heavy atom. The van der Waals surface area contributed by atoms with Gasteiger partial charge < -0.3 is 10.2 Å². The van der Waals surface area contributed by atoms with Gasteiger partial charge in [-0.25, -0.2) is 13.8 Å². The molecule has 0 bridgehead atoms. The molecule has 1 aliphatic carbocycles. The van der Waals surface area contributed by atoms with Crippen LogP contribution in [0.3, 0.4) is 0 Å². The van der Waals surface area contributed by atoms with E-state index in [4.69, 9.17) is 0 Å². The van der Waals surface area contributed by atoms with Gasteiger partial charge in [0.05, 0.1) is 12.5 Å². The first-order valence-corrected chi connectivity index (χ1v) is 8.05. The lowest BCUT2D eigenvalue weighted by molar-refractivity contribution is -0.125. The molecule has 1 atom stereocenters. The molecule has 1 N–H and O–H groups in total. The number of hydrogen-bond donors (Lipinski definition) is 1. The number of nitrogens with one attached hydrogen (secondary N) is 1. The zero-order valence-electron chi connectivity index (χ0n) is 11.6. The lowest BCUT2D eigenvalue weighted by atomic mass is 9.97. The molecule has 0 aromatic carbocycles. The topological polar surface area (TPSA) is 58.1 Å². The second-order valence-corrected chi connectivity index (χ2v) is 6.36. The highest BCUT2D eigenvalue weighted by Crippen LogP contribution is 2.40. The van der Waals surface area contributed by atoms with E-state index >= 15 is 0 Å². The number of hydrogen-bond acceptors (Lipinski definition) is 5. The van der Waals surface area contributed by atoms with Crippen LogP contribution in [0.4, 0.5) is 13.9 Å². The van der Waals surface area contributed by atoms with E-state index in [9.17, 15) is 13.6 Å². The third kappa shape index (κ3) is 3.66. The summed E-state index contributed by atoms with van der Waals surface area (Å²) >= 11 is 1.37. The fourth-order valence-electron chi connectivity index (χ4n) is 2.55. The minimum atomic E-state index is -2.50. The molecule has 0 radical (unpaired) electrons. The normalized spacial score (nSPS) is 22.6. The minimum Gasteiger partial charge on any atom is -0.350 e. The Morgan fingerprint density at radius 3 is 2.95 bits per heavy atom. The van der Waals surface area contributed by atoms with Crippen LogP contribution in [0.15, 0.2) is 0 Å². The van der Waals surface area contributed by atoms with Gasteiger partial charge in [-0.3, -0.25) is 4.79 Å². The molecule has 1 aromatic rings. The maximum atomic E-state index is 12.1. The number of piperidine rings is 1. The second-order valence-electron chi connectivity index (χ2n) is 5.63. The molecule has 3 rings (SSSR count). The van der Waals surface area contributed by atoms with Crippen LogP contribution in [0.2, 0.25) is 0 Å². The molecule has 1 aliphatic heterocycles. The number of carbonyl (C=O) groups excluding carboxylic acids is 1. The molecule has 21 heavy (non-hydrogen) atoms. The molecule has 1 aromatic heterocycles. The number of anilines is 1. The van der Waals surface area contributed by atoms with Crippen LogP contribution in [0.1, 0.15) is 37.4 Å². The van der Waals surface area contributed by atoms with Crippen molar-refractivity contribution in [2.75, 3.05) is 24.5 Å². The first-order valence-electron chi connectivity index (χ1n) is 7.28. The Morgan fingerprint density at radius 2 is 2.24 bits per heavy atom. The number of carbonyl (C=O) groups is 1. The van der Waals surface area contributed by atoms with Gasteiger partial charge in [0.2, 0.25) is 11.0 Å². The number of aromatic nitrogens is 2. The molecule has 2 heterocycles. The molecule has 5 nitrogen and oxygen atoms in total. The second kappa shape index (κ2) is 6.21. The van der Waals surface area contributed by atoms with Crippen LogP contribution < -0.4 is 10.2 Å². The van der Waals surface area contributed by atoms with E-state index in [0.29, 0.717) is 12.5 Å². The zero-order chi connectivity index (χ0) is 14.8. The lowest BCUT2D eigenvalue weighted by Crippen LogP contribution is -2.44. The van der Waals surface area contributed by atoms with Gasteiger partial charge >= 0.3 is 0 Å². The number of halogens is 2. The Labute approximate surface area is 125 Å². The Bertz CT molecular complexity index is 506. The van der Waals surface area contributed by atoms with Gasteiger partial charge in [0.15, 0.2) is 0 Å². The number of amides is 1. The fourth-order valence-corrected chi connectivity index (χ4v) is 3.33. The maximum absolute atomic E-state index is 12.1. The van der Waals surface area contributed by atoms with E-state index < -0.39 is 13.0 Å². The molecular formula is C13H18F2N4OS. The van der Waals surface area contributed by atoms with Gasteiger partial charge in [-0.2, -0.15) is 4.37 Å². The Kier molecular flexibility index (Phi) is 4.32. The summed E-state index contributed by atoms with van der Waals surface area (Å²) in [6, 6.07) is 0. The summed E-state index contributed by atoms with van der Waals surface area (Å²) < 4.78 is 28.7. The molecule has 1 amide bonds. The first kappa shape index (κ1) is 14.6. The predicted octanol–water partition coefficient (Wildman–Crippen LogP) is 2.01. The zero-order valence-corrected chi connectivity index (χ0v) is 12.4. The summed E-state index contributed by atoms with van der Waals surface area (Å²) in [6.45, 7) is 0.812. The number of alkyl halides is 2. The fraction of sp³-hybridized carbons (Fsp3) is 0.769. The van der Waals surface area contributed by atoms with Crippen molar-refractivity contribution in [2.24, 2.45) is 5.92 Å². The van der Waals surface area contributed by atoms with Crippen molar-refractivity contribution in [3.8, 4) is 0 Å². The average Bonchev–Trinajstić information content (AvgIpc) is 3.22. The highest BCUT2D eigenvalue weighted by Gasteiger charge is 2.31. The van der Waals surface area contributed by atoms with E-state index in [1.807, 2.05) is 0 Å². The van der Waals surface area contributed by atoms with Crippen molar-refractivity contribution >= 4 is 22.6 Å². The van der Waals surface area contributed by atoms with Gasteiger partial charge in [-0.1, -0.05) is 0 Å². The predicted molar refractivity (Wildman–Crippen MR) is 75.8 cm³/mol. The Hall–Kier alpha value is -1.31. The molecule has 1 saturated heterocycles. The summed E-state index contributed by atoms with van der Waals surface area (Å²) in [4.78, 5) is 18.5. The van der Waals surface area contributed by atoms with E-state index in [-0.39, 0.29) is 11.8 Å². The molecule has 2 fully saturated rings. The van der Waals surface area contributed by atoms with Crippen LogP contribution in [-0.4, -0.2) is 41.3 Å². The monoisotopic (exact) mass is 316 g/mol. The van der Waals surface area contributed by atoms with Crippen molar-refractivity contribution in [2.45, 2.75) is 38.0 Å². The van der Waals surface area contributed by atoms with Crippen LogP contribution in [0.25, 0.3) is 0 Å². The van der Waals surface area contributed by atoms with E-state index in [2.05, 4.69) is 19.6 Å². The van der Waals surface area contributed by atoms with Crippen LogP contribution in [0.5, 0.6) is 0 Å². The van der Waals surface area contributed by atoms with Crippen LogP contribution in [-0.2, 0) is 4.79 Å². The van der Waals surface area contributed by atoms with Gasteiger partial charge in [-0.15, -0.1) is 0 Å². The molecule has 8 heteroatoms. The van der Waals surface area contributed by atoms with Gasteiger partial charge in [-0.05, 0) is 25.7 Å². The molecule has 1 saturated carbocycles. The summed E-state index contributed by atoms with van der Waals surface area (Å²) in [7, 11) is 0. The van der Waals surface area contributed by atoms with E-state index in [1.54, 1.807) is 0 Å². The van der Waals surface area contributed by atoms with Crippen molar-refractivity contribution in [1.29, 1.82) is 0 Å². The smallest absolute Gasteiger partial charge is 0.255 e. The summed E-state index contributed by atoms with van der Waals surface area (Å²) in [5.41, 5.74) is 0. The number of nitrogens with zero attached hydrogens (tertiary/aromatic N) is 3. The minimum absolute atomic E-state index is 0.245. The molecule has 2 aliphatic rings. The maximum Gasteiger partial charge on any atom is 0.255 e. The summed E-state index contributed by atoms with van der Waals surface area (Å²) in [5, 5.41) is 3.16. The van der Waals surface area contributed by atoms with Crippen molar-refractivity contribution in [3.05, 3.63) is 5.82 Å². The lowest BCUT2D eigenvalue weighted by Gasteiger charge is -2.31. The molecule has 0 spiro atoms. The van der Waals surface area contributed by atoms with Crippen molar-refractivity contribution in [1.82, 2.24) is 14.7 Å². The molecular weight excluding hydrogens is 298 g/mol. The van der Waals surface area contributed by atoms with Crippen molar-refractivity contribution < 1.29 is 13.6 Å². The highest BCUT2D eigenvalue weighted by atomic mass is 32.1. The van der Waals surface area contributed by atoms with Crippen LogP contribution in [0, 0.1) is 5.92 Å². The molecule has 116 valence electrons. The van der Waals surface area contributed by atoms with Gasteiger partial charge in [0.25, 0.3) is 6.43 Å². The average molecular weight is 316 g/mol. The largest absolute Gasteiger partial charge is 0.350 e. The standard InChI is InChI=1S/C13H18F2N4OS/c14-10(15)6-16-12(20)9-2-1-5-19(7-9)13-17-11(18-21-13)8-3-4-8/h8-10H,1-7H2,(H,16,20). The van der Waals surface area contributed by atoms with E-state index in [0.717, 1.165) is 43.2 Å². The number of rotatable bonds is 5.